The third-order valence-electron chi connectivity index (χ3n) is 2.98. The molecule has 1 atom stereocenters. The van der Waals surface area contributed by atoms with Crippen LogP contribution < -0.4 is 5.32 Å². The molecular weight excluding hydrogens is 286 g/mol. The molecule has 0 aliphatic carbocycles. The molecule has 0 radical (unpaired) electrons. The molecule has 0 bridgehead atoms. The molecule has 0 spiro atoms. The summed E-state index contributed by atoms with van der Waals surface area (Å²) in [5.41, 5.74) is 1.00. The molecule has 3 rings (SSSR count). The molecule has 5 nitrogen and oxygen atoms in total. The molecule has 21 heavy (non-hydrogen) atoms. The summed E-state index contributed by atoms with van der Waals surface area (Å²) in [5, 5.41) is 4.04. The highest BCUT2D eigenvalue weighted by Gasteiger charge is 2.16. The Morgan fingerprint density at radius 2 is 2.10 bits per heavy atom. The van der Waals surface area contributed by atoms with Crippen LogP contribution in [0.3, 0.4) is 0 Å². The van der Waals surface area contributed by atoms with Gasteiger partial charge in [-0.1, -0.05) is 30.3 Å². The van der Waals surface area contributed by atoms with E-state index >= 15 is 0 Å². The van der Waals surface area contributed by atoms with Crippen LogP contribution in [0, 0.1) is 0 Å². The lowest BCUT2D eigenvalue weighted by atomic mass is 10.2. The summed E-state index contributed by atoms with van der Waals surface area (Å²) < 4.78 is 15.0. The minimum atomic E-state index is -0.0819. The van der Waals surface area contributed by atoms with Gasteiger partial charge in [0.2, 0.25) is 5.13 Å². The fourth-order valence-corrected chi connectivity index (χ4v) is 2.63. The van der Waals surface area contributed by atoms with Gasteiger partial charge in [-0.3, -0.25) is 0 Å². The molecule has 0 amide bonds. The largest absolute Gasteiger partial charge is 0.467 e. The first-order valence-electron chi connectivity index (χ1n) is 6.55. The van der Waals surface area contributed by atoms with E-state index in [4.69, 9.17) is 9.15 Å². The van der Waals surface area contributed by atoms with Crippen molar-refractivity contribution in [3.63, 3.8) is 0 Å². The van der Waals surface area contributed by atoms with Crippen molar-refractivity contribution in [3.05, 3.63) is 54.5 Å². The van der Waals surface area contributed by atoms with Crippen molar-refractivity contribution in [1.29, 1.82) is 0 Å². The Morgan fingerprint density at radius 1 is 1.24 bits per heavy atom. The fraction of sp³-hybridized carbons (Fsp3) is 0.200. The third-order valence-corrected chi connectivity index (χ3v) is 3.62. The van der Waals surface area contributed by atoms with Gasteiger partial charge >= 0.3 is 0 Å². The van der Waals surface area contributed by atoms with Crippen molar-refractivity contribution < 1.29 is 9.15 Å². The van der Waals surface area contributed by atoms with Gasteiger partial charge in [-0.2, -0.15) is 9.36 Å². The van der Waals surface area contributed by atoms with Crippen LogP contribution in [0.15, 0.2) is 53.1 Å². The van der Waals surface area contributed by atoms with E-state index in [0.29, 0.717) is 6.61 Å². The molecule has 0 fully saturated rings. The molecule has 0 saturated carbocycles. The van der Waals surface area contributed by atoms with E-state index < -0.39 is 0 Å². The maximum atomic E-state index is 5.43. The Hall–Kier alpha value is -2.18. The van der Waals surface area contributed by atoms with Gasteiger partial charge in [-0.05, 0) is 12.1 Å². The molecule has 1 unspecified atom stereocenters. The summed E-state index contributed by atoms with van der Waals surface area (Å²) in [6.07, 6.45) is 1.65. The van der Waals surface area contributed by atoms with E-state index in [1.807, 2.05) is 42.5 Å². The standard InChI is InChI=1S/C15H15N3O2S/c1-19-10-12(13-8-5-9-20-13)16-15-17-14(18-21-15)11-6-3-2-4-7-11/h2-9,12H,10H2,1H3,(H,16,17,18). The maximum Gasteiger partial charge on any atom is 0.203 e. The molecule has 6 heteroatoms. The number of methoxy groups -OCH3 is 1. The van der Waals surface area contributed by atoms with Crippen LogP contribution in [0.2, 0.25) is 0 Å². The molecule has 1 aromatic carbocycles. The van der Waals surface area contributed by atoms with Crippen molar-refractivity contribution >= 4 is 16.7 Å². The molecule has 108 valence electrons. The van der Waals surface area contributed by atoms with E-state index in [1.54, 1.807) is 13.4 Å². The Bertz CT molecular complexity index is 667. The second kappa shape index (κ2) is 6.51. The van der Waals surface area contributed by atoms with Crippen LogP contribution in [0.4, 0.5) is 5.13 Å². The third kappa shape index (κ3) is 3.29. The lowest BCUT2D eigenvalue weighted by Gasteiger charge is -2.14. The Balaban J connectivity index is 1.77. The Morgan fingerprint density at radius 3 is 2.81 bits per heavy atom. The number of nitrogens with zero attached hydrogens (tertiary/aromatic N) is 2. The first-order valence-corrected chi connectivity index (χ1v) is 7.32. The van der Waals surface area contributed by atoms with Gasteiger partial charge in [0.15, 0.2) is 5.82 Å². The summed E-state index contributed by atoms with van der Waals surface area (Å²) >= 11 is 1.33. The Labute approximate surface area is 126 Å². The van der Waals surface area contributed by atoms with Crippen molar-refractivity contribution in [1.82, 2.24) is 9.36 Å². The number of benzene rings is 1. The molecule has 0 aliphatic rings. The molecule has 3 aromatic rings. The number of furan rings is 1. The number of ether oxygens (including phenoxy) is 1. The second-order valence-corrected chi connectivity index (χ2v) is 5.21. The SMILES string of the molecule is COCC(Nc1nc(-c2ccccc2)ns1)c1ccco1. The van der Waals surface area contributed by atoms with Crippen LogP contribution in [0.5, 0.6) is 0 Å². The minimum Gasteiger partial charge on any atom is -0.467 e. The van der Waals surface area contributed by atoms with Gasteiger partial charge in [0.1, 0.15) is 11.8 Å². The zero-order valence-corrected chi connectivity index (χ0v) is 12.3. The topological polar surface area (TPSA) is 60.2 Å². The summed E-state index contributed by atoms with van der Waals surface area (Å²) in [4.78, 5) is 4.51. The predicted octanol–water partition coefficient (Wildman–Crippen LogP) is 3.60. The van der Waals surface area contributed by atoms with E-state index in [9.17, 15) is 0 Å². The predicted molar refractivity (Wildman–Crippen MR) is 82.3 cm³/mol. The number of nitrogens with one attached hydrogen (secondary N) is 1. The van der Waals surface area contributed by atoms with Crippen molar-refractivity contribution in [2.45, 2.75) is 6.04 Å². The number of hydrogen-bond donors (Lipinski definition) is 1. The molecule has 2 aromatic heterocycles. The minimum absolute atomic E-state index is 0.0819. The molecule has 2 heterocycles. The van der Waals surface area contributed by atoms with E-state index in [2.05, 4.69) is 14.7 Å². The maximum absolute atomic E-state index is 5.43. The summed E-state index contributed by atoms with van der Waals surface area (Å²) in [6.45, 7) is 0.494. The lowest BCUT2D eigenvalue weighted by Crippen LogP contribution is -2.15. The highest BCUT2D eigenvalue weighted by molar-refractivity contribution is 7.09. The summed E-state index contributed by atoms with van der Waals surface area (Å²) in [6, 6.07) is 13.6. The zero-order valence-electron chi connectivity index (χ0n) is 11.5. The van der Waals surface area contributed by atoms with Gasteiger partial charge in [0.05, 0.1) is 12.9 Å². The normalized spacial score (nSPS) is 12.2. The van der Waals surface area contributed by atoms with Crippen LogP contribution in [0.25, 0.3) is 11.4 Å². The van der Waals surface area contributed by atoms with Gasteiger partial charge in [0, 0.05) is 24.2 Å². The van der Waals surface area contributed by atoms with Gasteiger partial charge in [-0.15, -0.1) is 0 Å². The molecular formula is C15H15N3O2S. The monoisotopic (exact) mass is 301 g/mol. The molecule has 1 N–H and O–H groups in total. The van der Waals surface area contributed by atoms with Gasteiger partial charge in [0.25, 0.3) is 0 Å². The Kier molecular flexibility index (Phi) is 4.28. The highest BCUT2D eigenvalue weighted by atomic mass is 32.1. The highest BCUT2D eigenvalue weighted by Crippen LogP contribution is 2.25. The quantitative estimate of drug-likeness (QED) is 0.754. The average molecular weight is 301 g/mol. The van der Waals surface area contributed by atoms with Gasteiger partial charge < -0.3 is 14.5 Å². The second-order valence-electron chi connectivity index (χ2n) is 4.46. The van der Waals surface area contributed by atoms with Gasteiger partial charge in [-0.25, -0.2) is 0 Å². The summed E-state index contributed by atoms with van der Waals surface area (Å²) in [5.74, 6) is 1.53. The molecule has 0 aliphatic heterocycles. The lowest BCUT2D eigenvalue weighted by molar-refractivity contribution is 0.179. The fourth-order valence-electron chi connectivity index (χ4n) is 1.99. The van der Waals surface area contributed by atoms with Crippen LogP contribution in [0.1, 0.15) is 11.8 Å². The molecule has 0 saturated heterocycles. The average Bonchev–Trinajstić information content (AvgIpc) is 3.19. The number of aromatic nitrogens is 2. The van der Waals surface area contributed by atoms with Crippen LogP contribution >= 0.6 is 11.5 Å². The van der Waals surface area contributed by atoms with Crippen LogP contribution in [-0.4, -0.2) is 23.1 Å². The first kappa shape index (κ1) is 13.8. The van der Waals surface area contributed by atoms with Crippen LogP contribution in [-0.2, 0) is 4.74 Å². The number of rotatable bonds is 6. The van der Waals surface area contributed by atoms with Crippen molar-refractivity contribution in [2.24, 2.45) is 0 Å². The zero-order chi connectivity index (χ0) is 14.5. The summed E-state index contributed by atoms with van der Waals surface area (Å²) in [7, 11) is 1.66. The smallest absolute Gasteiger partial charge is 0.203 e. The van der Waals surface area contributed by atoms with E-state index in [1.165, 1.54) is 11.5 Å². The first-order chi connectivity index (χ1) is 10.4. The van der Waals surface area contributed by atoms with Crippen molar-refractivity contribution in [3.8, 4) is 11.4 Å². The number of hydrogen-bond acceptors (Lipinski definition) is 6. The number of anilines is 1. The van der Waals surface area contributed by atoms with Crippen molar-refractivity contribution in [2.75, 3.05) is 19.0 Å². The van der Waals surface area contributed by atoms with E-state index in [-0.39, 0.29) is 6.04 Å². The van der Waals surface area contributed by atoms with E-state index in [0.717, 1.165) is 22.3 Å².